The van der Waals surface area contributed by atoms with Crippen molar-refractivity contribution in [1.29, 1.82) is 0 Å². The number of carbonyl (C=O) groups is 3. The third kappa shape index (κ3) is 2.60. The van der Waals surface area contributed by atoms with E-state index in [2.05, 4.69) is 0 Å². The zero-order valence-corrected chi connectivity index (χ0v) is 16.0. The number of nitrogens with zero attached hydrogens (tertiary/aromatic N) is 3. The molecule has 3 aliphatic rings. The summed E-state index contributed by atoms with van der Waals surface area (Å²) in [7, 11) is 0. The maximum absolute atomic E-state index is 13.4. The molecule has 0 bridgehead atoms. The summed E-state index contributed by atoms with van der Waals surface area (Å²) in [5.41, 5.74) is 0.511. The summed E-state index contributed by atoms with van der Waals surface area (Å²) in [6, 6.07) is 13.5. The lowest BCUT2D eigenvalue weighted by Gasteiger charge is -2.27. The van der Waals surface area contributed by atoms with E-state index in [-0.39, 0.29) is 29.1 Å². The molecule has 5 rings (SSSR count). The van der Waals surface area contributed by atoms with Crippen molar-refractivity contribution in [3.8, 4) is 0 Å². The molecule has 3 fully saturated rings. The monoisotopic (exact) mass is 405 g/mol. The molecular weight excluding hydrogens is 386 g/mol. The number of rotatable bonds is 4. The van der Waals surface area contributed by atoms with E-state index < -0.39 is 28.7 Å². The van der Waals surface area contributed by atoms with E-state index in [1.807, 2.05) is 11.0 Å². The lowest BCUT2D eigenvalue weighted by atomic mass is 9.85. The predicted octanol–water partition coefficient (Wildman–Crippen LogP) is 2.43. The summed E-state index contributed by atoms with van der Waals surface area (Å²) in [5, 5.41) is 11.1. The molecule has 3 aliphatic heterocycles. The van der Waals surface area contributed by atoms with E-state index in [9.17, 15) is 24.5 Å². The lowest BCUT2D eigenvalue weighted by molar-refractivity contribution is -0.384. The third-order valence-electron chi connectivity index (χ3n) is 6.48. The van der Waals surface area contributed by atoms with Crippen LogP contribution in [0.4, 0.5) is 11.4 Å². The molecular formula is C22H19N3O5. The first-order valence-electron chi connectivity index (χ1n) is 9.96. The van der Waals surface area contributed by atoms with Gasteiger partial charge in [0.25, 0.3) is 5.69 Å². The molecule has 0 aromatic heterocycles. The predicted molar refractivity (Wildman–Crippen MR) is 107 cm³/mol. The molecule has 152 valence electrons. The van der Waals surface area contributed by atoms with E-state index in [0.29, 0.717) is 12.1 Å². The highest BCUT2D eigenvalue weighted by atomic mass is 16.6. The number of nitro groups is 1. The summed E-state index contributed by atoms with van der Waals surface area (Å²) >= 11 is 0. The Hall–Kier alpha value is -3.39. The van der Waals surface area contributed by atoms with Crippen LogP contribution in [0.25, 0.3) is 0 Å². The number of Topliss-reactive ketones (excluding diaryl/α,β-unsaturated/α-hetero) is 1. The number of benzene rings is 2. The largest absolute Gasteiger partial charge is 0.292 e. The minimum absolute atomic E-state index is 0.156. The number of hydrogen-bond acceptors (Lipinski definition) is 6. The molecule has 2 aromatic rings. The Labute approximate surface area is 172 Å². The Morgan fingerprint density at radius 3 is 2.47 bits per heavy atom. The number of carbonyl (C=O) groups excluding carboxylic acids is 3. The van der Waals surface area contributed by atoms with Crippen molar-refractivity contribution >= 4 is 29.0 Å². The van der Waals surface area contributed by atoms with Gasteiger partial charge in [0.1, 0.15) is 0 Å². The molecule has 2 aromatic carbocycles. The van der Waals surface area contributed by atoms with E-state index in [1.54, 1.807) is 24.3 Å². The molecule has 0 saturated carbocycles. The van der Waals surface area contributed by atoms with Gasteiger partial charge in [-0.2, -0.15) is 0 Å². The van der Waals surface area contributed by atoms with Crippen molar-refractivity contribution in [3.63, 3.8) is 0 Å². The fourth-order valence-electron chi connectivity index (χ4n) is 5.29. The van der Waals surface area contributed by atoms with Crippen LogP contribution in [0.5, 0.6) is 0 Å². The summed E-state index contributed by atoms with van der Waals surface area (Å²) in [4.78, 5) is 53.7. The maximum Gasteiger partial charge on any atom is 0.271 e. The Balaban J connectivity index is 1.55. The molecule has 4 atom stereocenters. The number of hydrogen-bond donors (Lipinski definition) is 0. The average Bonchev–Trinajstić information content (AvgIpc) is 3.40. The Morgan fingerprint density at radius 2 is 1.73 bits per heavy atom. The van der Waals surface area contributed by atoms with Gasteiger partial charge in [-0.3, -0.25) is 29.4 Å². The maximum atomic E-state index is 13.4. The number of imide groups is 1. The van der Waals surface area contributed by atoms with Gasteiger partial charge in [-0.05, 0) is 25.5 Å². The molecule has 30 heavy (non-hydrogen) atoms. The highest BCUT2D eigenvalue weighted by Crippen LogP contribution is 2.48. The molecule has 0 unspecified atom stereocenters. The van der Waals surface area contributed by atoms with Crippen LogP contribution in [0.15, 0.2) is 54.6 Å². The standard InChI is InChI=1S/C22H19N3O5/c26-20(13-6-2-1-3-7-13)19-18-17(16-10-5-11-23(16)19)21(27)24(22(18)28)14-8-4-9-15(12-14)25(29)30/h1-4,6-9,12,16-19H,5,10-11H2/t16-,17-,18-,19+/m1/s1. The number of amides is 2. The molecule has 0 N–H and O–H groups in total. The second-order valence-electron chi connectivity index (χ2n) is 7.96. The molecule has 0 spiro atoms. The van der Waals surface area contributed by atoms with E-state index in [1.165, 1.54) is 24.3 Å². The molecule has 3 saturated heterocycles. The molecule has 8 nitrogen and oxygen atoms in total. The van der Waals surface area contributed by atoms with Crippen molar-refractivity contribution in [2.75, 3.05) is 11.4 Å². The normalized spacial score (nSPS) is 27.9. The molecule has 0 aliphatic carbocycles. The molecule has 2 amide bonds. The van der Waals surface area contributed by atoms with Crippen LogP contribution >= 0.6 is 0 Å². The minimum atomic E-state index is -0.769. The Morgan fingerprint density at radius 1 is 1.00 bits per heavy atom. The fourth-order valence-corrected chi connectivity index (χ4v) is 5.29. The van der Waals surface area contributed by atoms with Crippen molar-refractivity contribution in [3.05, 3.63) is 70.3 Å². The van der Waals surface area contributed by atoms with Crippen LogP contribution in [0, 0.1) is 22.0 Å². The zero-order valence-electron chi connectivity index (χ0n) is 16.0. The highest BCUT2D eigenvalue weighted by Gasteiger charge is 2.64. The SMILES string of the molecule is O=C(c1ccccc1)[C@@H]1[C@@H]2C(=O)N(c3cccc([N+](=O)[O-])c3)C(=O)[C@@H]2[C@H]2CCCN21. The van der Waals surface area contributed by atoms with Crippen LogP contribution in [0.1, 0.15) is 23.2 Å². The van der Waals surface area contributed by atoms with Crippen LogP contribution in [-0.4, -0.2) is 46.0 Å². The number of fused-ring (bicyclic) bond motifs is 3. The molecule has 0 radical (unpaired) electrons. The van der Waals surface area contributed by atoms with E-state index in [0.717, 1.165) is 17.7 Å². The number of nitro benzene ring substituents is 1. The first kappa shape index (κ1) is 18.6. The lowest BCUT2D eigenvalue weighted by Crippen LogP contribution is -2.46. The van der Waals surface area contributed by atoms with Gasteiger partial charge < -0.3 is 0 Å². The number of anilines is 1. The summed E-state index contributed by atoms with van der Waals surface area (Å²) in [6.45, 7) is 0.679. The molecule has 8 heteroatoms. The van der Waals surface area contributed by atoms with Gasteiger partial charge in [0, 0.05) is 23.7 Å². The minimum Gasteiger partial charge on any atom is -0.292 e. The first-order chi connectivity index (χ1) is 14.5. The summed E-state index contributed by atoms with van der Waals surface area (Å²) in [5.74, 6) is -2.34. The second-order valence-corrected chi connectivity index (χ2v) is 7.96. The van der Waals surface area contributed by atoms with E-state index >= 15 is 0 Å². The van der Waals surface area contributed by atoms with Crippen molar-refractivity contribution in [2.24, 2.45) is 11.8 Å². The van der Waals surface area contributed by atoms with Gasteiger partial charge in [-0.25, -0.2) is 4.90 Å². The Kier molecular flexibility index (Phi) is 4.25. The van der Waals surface area contributed by atoms with Crippen LogP contribution in [0.2, 0.25) is 0 Å². The van der Waals surface area contributed by atoms with Crippen molar-refractivity contribution in [1.82, 2.24) is 4.90 Å². The van der Waals surface area contributed by atoms with Gasteiger partial charge in [0.2, 0.25) is 11.8 Å². The van der Waals surface area contributed by atoms with Gasteiger partial charge in [-0.15, -0.1) is 0 Å². The summed E-state index contributed by atoms with van der Waals surface area (Å²) < 4.78 is 0. The van der Waals surface area contributed by atoms with Gasteiger partial charge in [-0.1, -0.05) is 36.4 Å². The van der Waals surface area contributed by atoms with Crippen LogP contribution in [-0.2, 0) is 9.59 Å². The fraction of sp³-hybridized carbons (Fsp3) is 0.318. The van der Waals surface area contributed by atoms with Crippen LogP contribution in [0.3, 0.4) is 0 Å². The molecule has 3 heterocycles. The third-order valence-corrected chi connectivity index (χ3v) is 6.48. The van der Waals surface area contributed by atoms with Crippen molar-refractivity contribution in [2.45, 2.75) is 24.9 Å². The van der Waals surface area contributed by atoms with Crippen LogP contribution < -0.4 is 4.90 Å². The van der Waals surface area contributed by atoms with Gasteiger partial charge >= 0.3 is 0 Å². The van der Waals surface area contributed by atoms with E-state index in [4.69, 9.17) is 0 Å². The number of ketones is 1. The second kappa shape index (κ2) is 6.84. The van der Waals surface area contributed by atoms with Gasteiger partial charge in [0.05, 0.1) is 28.5 Å². The van der Waals surface area contributed by atoms with Crippen molar-refractivity contribution < 1.29 is 19.3 Å². The zero-order chi connectivity index (χ0) is 21.0. The smallest absolute Gasteiger partial charge is 0.271 e. The average molecular weight is 405 g/mol. The van der Waals surface area contributed by atoms with Gasteiger partial charge in [0.15, 0.2) is 5.78 Å². The number of non-ortho nitro benzene ring substituents is 1. The quantitative estimate of drug-likeness (QED) is 0.335. The highest BCUT2D eigenvalue weighted by molar-refractivity contribution is 6.24. The first-order valence-corrected chi connectivity index (χ1v) is 9.96. The Bertz CT molecular complexity index is 1070. The topological polar surface area (TPSA) is 101 Å². The summed E-state index contributed by atoms with van der Waals surface area (Å²) in [6.07, 6.45) is 1.62.